The van der Waals surface area contributed by atoms with Gasteiger partial charge in [0, 0.05) is 25.2 Å². The Hall–Kier alpha value is -2.19. The number of rotatable bonds is 14. The molecule has 0 radical (unpaired) electrons. The molecule has 2 bridgehead atoms. The predicted octanol–water partition coefficient (Wildman–Crippen LogP) is 4.42. The van der Waals surface area contributed by atoms with Crippen LogP contribution >= 0.6 is 0 Å². The fourth-order valence-electron chi connectivity index (χ4n) is 8.06. The lowest BCUT2D eigenvalue weighted by atomic mass is 9.70. The molecule has 3 amide bonds. The van der Waals surface area contributed by atoms with Crippen molar-refractivity contribution in [2.75, 3.05) is 26.2 Å². The molecule has 0 aliphatic carbocycles. The molecule has 0 aromatic rings. The Balaban J connectivity index is 2.17. The lowest BCUT2D eigenvalue weighted by Crippen LogP contribution is -2.63. The molecule has 41 heavy (non-hydrogen) atoms. The summed E-state index contributed by atoms with van der Waals surface area (Å²) in [6, 6.07) is -1.48. The maximum atomic E-state index is 14.9. The molecule has 7 atom stereocenters. The summed E-state index contributed by atoms with van der Waals surface area (Å²) in [6.07, 6.45) is 6.43. The van der Waals surface area contributed by atoms with Crippen molar-refractivity contribution < 1.29 is 24.2 Å². The van der Waals surface area contributed by atoms with Crippen LogP contribution in [-0.2, 0) is 19.1 Å². The van der Waals surface area contributed by atoms with Crippen molar-refractivity contribution >= 4 is 17.7 Å². The van der Waals surface area contributed by atoms with E-state index in [9.17, 15) is 19.5 Å². The van der Waals surface area contributed by atoms with Gasteiger partial charge in [0.1, 0.15) is 11.6 Å². The molecule has 232 valence electrons. The van der Waals surface area contributed by atoms with E-state index in [4.69, 9.17) is 4.74 Å². The molecule has 3 saturated heterocycles. The zero-order valence-corrected chi connectivity index (χ0v) is 26.8. The molecule has 8 heteroatoms. The second-order valence-electron chi connectivity index (χ2n) is 14.3. The molecule has 3 rings (SSSR count). The molecule has 3 heterocycles. The first-order valence-corrected chi connectivity index (χ1v) is 15.6. The van der Waals surface area contributed by atoms with Gasteiger partial charge >= 0.3 is 0 Å². The maximum Gasteiger partial charge on any atom is 0.249 e. The molecular weight excluding hydrogens is 518 g/mol. The van der Waals surface area contributed by atoms with Crippen molar-refractivity contribution in [1.29, 1.82) is 0 Å². The van der Waals surface area contributed by atoms with Gasteiger partial charge < -0.3 is 24.5 Å². The van der Waals surface area contributed by atoms with Crippen LogP contribution in [-0.4, -0.2) is 93.1 Å². The van der Waals surface area contributed by atoms with Crippen molar-refractivity contribution in [2.24, 2.45) is 23.2 Å². The number of nitrogens with zero attached hydrogens (tertiary/aromatic N) is 3. The first-order valence-electron chi connectivity index (χ1n) is 15.6. The minimum atomic E-state index is -1.11. The molecule has 0 aromatic heterocycles. The highest BCUT2D eigenvalue weighted by Gasteiger charge is 2.75. The van der Waals surface area contributed by atoms with Gasteiger partial charge in [-0.3, -0.25) is 14.4 Å². The van der Waals surface area contributed by atoms with Crippen LogP contribution in [0.3, 0.4) is 0 Å². The molecule has 3 fully saturated rings. The monoisotopic (exact) mass is 573 g/mol. The molecule has 8 nitrogen and oxygen atoms in total. The Morgan fingerprint density at radius 2 is 1.78 bits per heavy atom. The summed E-state index contributed by atoms with van der Waals surface area (Å²) in [4.78, 5) is 48.7. The van der Waals surface area contributed by atoms with Gasteiger partial charge in [0.25, 0.3) is 0 Å². The number of aliphatic hydroxyl groups is 1. The number of amides is 3. The van der Waals surface area contributed by atoms with Gasteiger partial charge in [0.15, 0.2) is 0 Å². The summed E-state index contributed by atoms with van der Waals surface area (Å²) in [7, 11) is 0. The quantitative estimate of drug-likeness (QED) is 0.311. The fraction of sp³-hybridized carbons (Fsp3) is 0.788. The van der Waals surface area contributed by atoms with E-state index < -0.39 is 41.2 Å². The van der Waals surface area contributed by atoms with Gasteiger partial charge in [-0.25, -0.2) is 0 Å². The number of carbonyl (C=O) groups is 3. The number of aliphatic hydroxyl groups excluding tert-OH is 1. The number of hydrogen-bond acceptors (Lipinski definition) is 5. The van der Waals surface area contributed by atoms with Crippen molar-refractivity contribution in [3.05, 3.63) is 25.3 Å². The smallest absolute Gasteiger partial charge is 0.249 e. The molecule has 3 aliphatic heterocycles. The highest BCUT2D eigenvalue weighted by atomic mass is 16.5. The third kappa shape index (κ3) is 6.01. The Kier molecular flexibility index (Phi) is 10.2. The van der Waals surface area contributed by atoms with Crippen LogP contribution in [0.5, 0.6) is 0 Å². The van der Waals surface area contributed by atoms with Gasteiger partial charge in [-0.2, -0.15) is 0 Å². The average molecular weight is 574 g/mol. The standard InChI is InChI=1S/C33H55N3O5/c1-11-17-34(18-12-2)28(38)25-24-15-16-33(41-24)26(25)29(39)36(23(20-37)22(5)14-4)27(33)30(40)35(19-13-3)32(9,10)21-31(6,7)8/h11,13,22-27,37H,1,3,12,14-21H2,2,4-10H3/t22-,23-,24-,25+,26-,27?,33?/m0/s1. The van der Waals surface area contributed by atoms with Crippen molar-refractivity contribution in [3.8, 4) is 0 Å². The SMILES string of the molecule is C=CCN(CCC)C(=O)[C@@H]1[C@@H]2CCC3(O2)C(C(=O)N(CC=C)C(C)(C)CC(C)(C)C)N([C@@H](CO)[C@@H](C)CC)C(=O)[C@H]13. The van der Waals surface area contributed by atoms with Crippen molar-refractivity contribution in [1.82, 2.24) is 14.7 Å². The van der Waals surface area contributed by atoms with Crippen LogP contribution in [0.25, 0.3) is 0 Å². The van der Waals surface area contributed by atoms with E-state index in [0.717, 1.165) is 19.3 Å². The summed E-state index contributed by atoms with van der Waals surface area (Å²) in [5.74, 6) is -2.01. The normalized spacial score (nSPS) is 28.8. The van der Waals surface area contributed by atoms with Crippen LogP contribution in [0.1, 0.15) is 87.5 Å². The van der Waals surface area contributed by atoms with E-state index in [2.05, 4.69) is 47.8 Å². The molecule has 2 unspecified atom stereocenters. The number of ether oxygens (including phenoxy) is 1. The molecule has 0 aromatic carbocycles. The first kappa shape index (κ1) is 33.3. The first-order chi connectivity index (χ1) is 19.1. The fourth-order valence-corrected chi connectivity index (χ4v) is 8.06. The zero-order valence-electron chi connectivity index (χ0n) is 26.8. The summed E-state index contributed by atoms with van der Waals surface area (Å²) in [5.41, 5.74) is -1.69. The summed E-state index contributed by atoms with van der Waals surface area (Å²) in [5, 5.41) is 10.6. The maximum absolute atomic E-state index is 14.9. The lowest BCUT2D eigenvalue weighted by Gasteiger charge is -2.47. The Morgan fingerprint density at radius 3 is 2.29 bits per heavy atom. The summed E-state index contributed by atoms with van der Waals surface area (Å²) >= 11 is 0. The third-order valence-corrected chi connectivity index (χ3v) is 9.53. The zero-order chi connectivity index (χ0) is 30.9. The predicted molar refractivity (Wildman–Crippen MR) is 162 cm³/mol. The van der Waals surface area contributed by atoms with E-state index in [-0.39, 0.29) is 35.7 Å². The van der Waals surface area contributed by atoms with Crippen molar-refractivity contribution in [3.63, 3.8) is 0 Å². The summed E-state index contributed by atoms with van der Waals surface area (Å²) in [6.45, 7) is 25.4. The molecule has 0 saturated carbocycles. The highest BCUT2D eigenvalue weighted by molar-refractivity contribution is 5.99. The van der Waals surface area contributed by atoms with Crippen molar-refractivity contribution in [2.45, 2.75) is 117 Å². The van der Waals surface area contributed by atoms with Gasteiger partial charge in [-0.15, -0.1) is 13.2 Å². The molecule has 1 spiro atoms. The van der Waals surface area contributed by atoms with Gasteiger partial charge in [0.05, 0.1) is 30.6 Å². The van der Waals surface area contributed by atoms with Gasteiger partial charge in [-0.1, -0.05) is 60.1 Å². The Labute approximate surface area is 248 Å². The van der Waals surface area contributed by atoms with Crippen LogP contribution in [0.4, 0.5) is 0 Å². The number of likely N-dealkylation sites (tertiary alicyclic amines) is 1. The average Bonchev–Trinajstić information content (AvgIpc) is 3.53. The van der Waals surface area contributed by atoms with Gasteiger partial charge in [-0.05, 0) is 50.9 Å². The van der Waals surface area contributed by atoms with E-state index in [1.807, 2.05) is 25.7 Å². The highest BCUT2D eigenvalue weighted by Crippen LogP contribution is 2.59. The van der Waals surface area contributed by atoms with E-state index in [1.54, 1.807) is 22.0 Å². The molecule has 3 aliphatic rings. The van der Waals surface area contributed by atoms with Crippen LogP contribution in [0, 0.1) is 23.2 Å². The second kappa shape index (κ2) is 12.6. The Morgan fingerprint density at radius 1 is 1.15 bits per heavy atom. The van der Waals surface area contributed by atoms with E-state index in [1.165, 1.54) is 0 Å². The number of fused-ring (bicyclic) bond motifs is 1. The third-order valence-electron chi connectivity index (χ3n) is 9.53. The van der Waals surface area contributed by atoms with E-state index >= 15 is 0 Å². The second-order valence-corrected chi connectivity index (χ2v) is 14.3. The molecular formula is C33H55N3O5. The van der Waals surface area contributed by atoms with Crippen LogP contribution < -0.4 is 0 Å². The minimum Gasteiger partial charge on any atom is -0.394 e. The number of hydrogen-bond donors (Lipinski definition) is 1. The van der Waals surface area contributed by atoms with Crippen LogP contribution in [0.15, 0.2) is 25.3 Å². The number of carbonyl (C=O) groups excluding carboxylic acids is 3. The Bertz CT molecular complexity index is 1000. The van der Waals surface area contributed by atoms with Gasteiger partial charge in [0.2, 0.25) is 17.7 Å². The minimum absolute atomic E-state index is 0.0476. The topological polar surface area (TPSA) is 90.4 Å². The largest absolute Gasteiger partial charge is 0.394 e. The summed E-state index contributed by atoms with van der Waals surface area (Å²) < 4.78 is 6.72. The molecule has 1 N–H and O–H groups in total. The lowest BCUT2D eigenvalue weighted by molar-refractivity contribution is -0.157. The van der Waals surface area contributed by atoms with E-state index in [0.29, 0.717) is 32.5 Å². The van der Waals surface area contributed by atoms with Crippen LogP contribution in [0.2, 0.25) is 0 Å².